The van der Waals surface area contributed by atoms with Gasteiger partial charge in [0.1, 0.15) is 0 Å². The number of nitrogens with one attached hydrogen (secondary N) is 1. The van der Waals surface area contributed by atoms with Crippen molar-refractivity contribution in [2.24, 2.45) is 11.1 Å². The van der Waals surface area contributed by atoms with Crippen LogP contribution in [0.25, 0.3) is 0 Å². The van der Waals surface area contributed by atoms with Gasteiger partial charge in [0.15, 0.2) is 0 Å². The van der Waals surface area contributed by atoms with E-state index in [1.165, 1.54) is 10.6 Å². The molecule has 0 aromatic rings. The zero-order valence-corrected chi connectivity index (χ0v) is 13.3. The van der Waals surface area contributed by atoms with Crippen molar-refractivity contribution in [2.45, 2.75) is 31.7 Å². The molecule has 7 nitrogen and oxygen atoms in total. The third kappa shape index (κ3) is 3.94. The lowest BCUT2D eigenvalue weighted by Crippen LogP contribution is -2.54. The molecular weight excluding hydrogens is 294 g/mol. The molecule has 3 N–H and O–H groups in total. The zero-order chi connectivity index (χ0) is 15.5. The monoisotopic (exact) mass is 319 g/mol. The molecule has 2 fully saturated rings. The second-order valence-electron chi connectivity index (χ2n) is 6.01. The molecule has 0 bridgehead atoms. The molecule has 122 valence electrons. The molecule has 0 atom stereocenters. The molecular formula is C13H25N3O4S. The molecule has 0 aromatic heterocycles. The Balaban J connectivity index is 1.89. The predicted octanol–water partition coefficient (Wildman–Crippen LogP) is -0.718. The third-order valence-corrected chi connectivity index (χ3v) is 5.88. The number of hydrogen-bond acceptors (Lipinski definition) is 5. The van der Waals surface area contributed by atoms with E-state index < -0.39 is 15.4 Å². The van der Waals surface area contributed by atoms with Gasteiger partial charge in [0.05, 0.1) is 11.7 Å². The summed E-state index contributed by atoms with van der Waals surface area (Å²) in [7, 11) is -3.13. The van der Waals surface area contributed by atoms with Gasteiger partial charge >= 0.3 is 0 Å². The maximum Gasteiger partial charge on any atom is 0.227 e. The molecule has 2 rings (SSSR count). The summed E-state index contributed by atoms with van der Waals surface area (Å²) in [6.45, 7) is 2.38. The average Bonchev–Trinajstić information content (AvgIpc) is 2.47. The largest absolute Gasteiger partial charge is 0.381 e. The lowest BCUT2D eigenvalue weighted by Gasteiger charge is -2.37. The van der Waals surface area contributed by atoms with Crippen molar-refractivity contribution in [3.63, 3.8) is 0 Å². The van der Waals surface area contributed by atoms with Gasteiger partial charge in [-0.05, 0) is 25.7 Å². The van der Waals surface area contributed by atoms with Crippen molar-refractivity contribution in [2.75, 3.05) is 39.1 Å². The van der Waals surface area contributed by atoms with Crippen LogP contribution in [0.3, 0.4) is 0 Å². The lowest BCUT2D eigenvalue weighted by molar-refractivity contribution is -0.136. The van der Waals surface area contributed by atoms with Crippen LogP contribution in [-0.4, -0.2) is 63.8 Å². The van der Waals surface area contributed by atoms with E-state index in [1.807, 2.05) is 0 Å². The van der Waals surface area contributed by atoms with Crippen LogP contribution in [0.4, 0.5) is 0 Å². The van der Waals surface area contributed by atoms with E-state index >= 15 is 0 Å². The minimum atomic E-state index is -3.13. The van der Waals surface area contributed by atoms with Crippen LogP contribution < -0.4 is 11.1 Å². The fraction of sp³-hybridized carbons (Fsp3) is 0.923. The van der Waals surface area contributed by atoms with Crippen molar-refractivity contribution in [1.82, 2.24) is 9.62 Å². The van der Waals surface area contributed by atoms with E-state index in [-0.39, 0.29) is 11.9 Å². The van der Waals surface area contributed by atoms with Gasteiger partial charge in [-0.2, -0.15) is 0 Å². The van der Waals surface area contributed by atoms with Gasteiger partial charge in [-0.25, -0.2) is 12.7 Å². The first kappa shape index (κ1) is 16.7. The number of hydrogen-bond donors (Lipinski definition) is 2. The summed E-state index contributed by atoms with van der Waals surface area (Å²) >= 11 is 0. The van der Waals surface area contributed by atoms with E-state index in [4.69, 9.17) is 10.5 Å². The van der Waals surface area contributed by atoms with Crippen LogP contribution in [0.15, 0.2) is 0 Å². The van der Waals surface area contributed by atoms with Gasteiger partial charge in [-0.1, -0.05) is 0 Å². The predicted molar refractivity (Wildman–Crippen MR) is 79.1 cm³/mol. The van der Waals surface area contributed by atoms with E-state index in [9.17, 15) is 13.2 Å². The molecule has 0 spiro atoms. The van der Waals surface area contributed by atoms with Crippen LogP contribution in [0.2, 0.25) is 0 Å². The molecule has 0 aliphatic carbocycles. The average molecular weight is 319 g/mol. The first-order valence-electron chi connectivity index (χ1n) is 7.41. The Kier molecular flexibility index (Phi) is 5.24. The third-order valence-electron chi connectivity index (χ3n) is 4.58. The highest BCUT2D eigenvalue weighted by molar-refractivity contribution is 7.88. The molecule has 2 saturated heterocycles. The molecule has 21 heavy (non-hydrogen) atoms. The molecule has 0 aromatic carbocycles. The van der Waals surface area contributed by atoms with Gasteiger partial charge < -0.3 is 15.8 Å². The van der Waals surface area contributed by atoms with Crippen LogP contribution in [0.5, 0.6) is 0 Å². The van der Waals surface area contributed by atoms with Gasteiger partial charge in [0.2, 0.25) is 15.9 Å². The maximum absolute atomic E-state index is 12.5. The molecule has 0 saturated carbocycles. The number of rotatable bonds is 4. The number of ether oxygens (including phenoxy) is 1. The van der Waals surface area contributed by atoms with Gasteiger partial charge in [-0.15, -0.1) is 0 Å². The van der Waals surface area contributed by atoms with E-state index in [1.54, 1.807) is 0 Å². The fourth-order valence-corrected chi connectivity index (χ4v) is 3.83. The molecule has 2 heterocycles. The SMILES string of the molecule is CS(=O)(=O)N1CCC(NC(=O)C2(CN)CCOCC2)CC1. The van der Waals surface area contributed by atoms with Crippen molar-refractivity contribution in [3.05, 3.63) is 0 Å². The molecule has 8 heteroatoms. The Bertz CT molecular complexity index is 466. The van der Waals surface area contributed by atoms with E-state index in [0.717, 1.165) is 0 Å². The van der Waals surface area contributed by atoms with Gasteiger partial charge in [0, 0.05) is 38.9 Å². The minimum Gasteiger partial charge on any atom is -0.381 e. The van der Waals surface area contributed by atoms with Crippen molar-refractivity contribution < 1.29 is 17.9 Å². The Morgan fingerprint density at radius 1 is 1.33 bits per heavy atom. The summed E-state index contributed by atoms with van der Waals surface area (Å²) < 4.78 is 29.7. The fourth-order valence-electron chi connectivity index (χ4n) is 2.96. The van der Waals surface area contributed by atoms with Crippen LogP contribution in [-0.2, 0) is 19.6 Å². The lowest BCUT2D eigenvalue weighted by atomic mass is 9.79. The number of piperidine rings is 1. The molecule has 0 unspecified atom stereocenters. The zero-order valence-electron chi connectivity index (χ0n) is 12.5. The number of nitrogens with two attached hydrogens (primary N) is 1. The maximum atomic E-state index is 12.5. The number of sulfonamides is 1. The Labute approximate surface area is 126 Å². The second kappa shape index (κ2) is 6.60. The first-order chi connectivity index (χ1) is 9.87. The summed E-state index contributed by atoms with van der Waals surface area (Å²) in [5.41, 5.74) is 5.30. The number of carbonyl (C=O) groups excluding carboxylic acids is 1. The second-order valence-corrected chi connectivity index (χ2v) is 7.99. The minimum absolute atomic E-state index is 0.00824. The summed E-state index contributed by atoms with van der Waals surface area (Å²) in [4.78, 5) is 12.5. The standard InChI is InChI=1S/C13H25N3O4S/c1-21(18,19)16-6-2-11(3-7-16)15-12(17)13(10-14)4-8-20-9-5-13/h11H,2-10,14H2,1H3,(H,15,17). The highest BCUT2D eigenvalue weighted by atomic mass is 32.2. The van der Waals surface area contributed by atoms with E-state index in [0.29, 0.717) is 58.5 Å². The Morgan fingerprint density at radius 2 is 1.90 bits per heavy atom. The highest BCUT2D eigenvalue weighted by Gasteiger charge is 2.40. The van der Waals surface area contributed by atoms with Crippen molar-refractivity contribution >= 4 is 15.9 Å². The van der Waals surface area contributed by atoms with Crippen LogP contribution in [0.1, 0.15) is 25.7 Å². The molecule has 2 aliphatic rings. The van der Waals surface area contributed by atoms with Crippen molar-refractivity contribution in [3.8, 4) is 0 Å². The quantitative estimate of drug-likeness (QED) is 0.712. The first-order valence-corrected chi connectivity index (χ1v) is 9.26. The van der Waals surface area contributed by atoms with Gasteiger partial charge in [0.25, 0.3) is 0 Å². The topological polar surface area (TPSA) is 102 Å². The smallest absolute Gasteiger partial charge is 0.227 e. The molecule has 0 radical (unpaired) electrons. The summed E-state index contributed by atoms with van der Waals surface area (Å²) in [5, 5.41) is 3.06. The Hall–Kier alpha value is -0.700. The molecule has 2 aliphatic heterocycles. The van der Waals surface area contributed by atoms with Crippen LogP contribution in [0, 0.1) is 5.41 Å². The van der Waals surface area contributed by atoms with Crippen molar-refractivity contribution in [1.29, 1.82) is 0 Å². The Morgan fingerprint density at radius 3 is 2.38 bits per heavy atom. The number of amides is 1. The highest BCUT2D eigenvalue weighted by Crippen LogP contribution is 2.30. The van der Waals surface area contributed by atoms with Gasteiger partial charge in [-0.3, -0.25) is 4.79 Å². The number of carbonyl (C=O) groups is 1. The van der Waals surface area contributed by atoms with Crippen LogP contribution >= 0.6 is 0 Å². The summed E-state index contributed by atoms with van der Waals surface area (Å²) in [6, 6.07) is 0.0294. The summed E-state index contributed by atoms with van der Waals surface area (Å²) in [6.07, 6.45) is 3.82. The molecule has 1 amide bonds. The normalized spacial score (nSPS) is 24.7. The number of nitrogens with zero attached hydrogens (tertiary/aromatic N) is 1. The van der Waals surface area contributed by atoms with E-state index in [2.05, 4.69) is 5.32 Å². The summed E-state index contributed by atoms with van der Waals surface area (Å²) in [5.74, 6) is -0.00824.